The first-order valence-electron chi connectivity index (χ1n) is 6.40. The van der Waals surface area contributed by atoms with E-state index in [-0.39, 0.29) is 4.64 Å². The number of H-pyrrole nitrogens is 1. The molecule has 1 aliphatic rings. The lowest BCUT2D eigenvalue weighted by molar-refractivity contribution is -0.0504. The molecule has 0 aromatic carbocycles. The molecule has 1 saturated heterocycles. The Hall–Kier alpha value is -1.24. The Kier molecular flexibility index (Phi) is 4.33. The number of aliphatic hydroxyl groups excluding tert-OH is 2. The SMILES string of the molecule is O=P(O)(O)OC[C@@H]1O[C@@H](n2cnc3c(=S)nc[nH]c32)[C@H](O)[C@@H]1O. The number of nitrogens with one attached hydrogen (secondary N) is 1. The standard InChI is InChI=1S/C10H13N4O7PS/c15-6-4(1-20-22(17,18)19)21-10(7(6)16)14-3-13-5-8(14)11-2-12-9(5)23/h2-4,6-7,10,15-16H,1H2,(H,11,12,23)(H2,17,18,19)/t4-,6+,7+,10+/m0/s1. The molecule has 11 nitrogen and oxygen atoms in total. The number of fused-ring (bicyclic) bond motifs is 1. The molecule has 23 heavy (non-hydrogen) atoms. The maximum absolute atomic E-state index is 10.7. The molecular weight excluding hydrogens is 351 g/mol. The van der Waals surface area contributed by atoms with Crippen molar-refractivity contribution in [2.45, 2.75) is 24.5 Å². The first kappa shape index (κ1) is 16.6. The van der Waals surface area contributed by atoms with E-state index in [4.69, 9.17) is 26.7 Å². The van der Waals surface area contributed by atoms with E-state index in [2.05, 4.69) is 19.5 Å². The molecule has 5 N–H and O–H groups in total. The van der Waals surface area contributed by atoms with E-state index in [9.17, 15) is 14.8 Å². The van der Waals surface area contributed by atoms with Gasteiger partial charge in [-0.3, -0.25) is 9.09 Å². The molecule has 0 amide bonds. The number of hydrogen-bond donors (Lipinski definition) is 5. The van der Waals surface area contributed by atoms with E-state index >= 15 is 0 Å². The van der Waals surface area contributed by atoms with Gasteiger partial charge < -0.3 is 29.7 Å². The fraction of sp³-hybridized carbons (Fsp3) is 0.500. The number of rotatable bonds is 4. The fourth-order valence-electron chi connectivity index (χ4n) is 2.33. The Morgan fingerprint density at radius 3 is 2.83 bits per heavy atom. The van der Waals surface area contributed by atoms with Gasteiger partial charge in [-0.05, 0) is 0 Å². The maximum atomic E-state index is 10.7. The summed E-state index contributed by atoms with van der Waals surface area (Å²) in [5.41, 5.74) is 0.820. The van der Waals surface area contributed by atoms with Crippen molar-refractivity contribution in [1.82, 2.24) is 19.5 Å². The monoisotopic (exact) mass is 364 g/mol. The third kappa shape index (κ3) is 3.20. The van der Waals surface area contributed by atoms with Crippen LogP contribution in [0.4, 0.5) is 0 Å². The third-order valence-electron chi connectivity index (χ3n) is 3.40. The first-order chi connectivity index (χ1) is 10.8. The van der Waals surface area contributed by atoms with Gasteiger partial charge in [0, 0.05) is 0 Å². The highest BCUT2D eigenvalue weighted by molar-refractivity contribution is 7.71. The number of phosphoric ester groups is 1. The van der Waals surface area contributed by atoms with Crippen molar-refractivity contribution in [3.8, 4) is 0 Å². The maximum Gasteiger partial charge on any atom is 0.469 e. The molecule has 0 unspecified atom stereocenters. The van der Waals surface area contributed by atoms with E-state index in [1.807, 2.05) is 0 Å². The molecule has 2 aromatic rings. The molecule has 0 aliphatic carbocycles. The highest BCUT2D eigenvalue weighted by Crippen LogP contribution is 2.38. The average Bonchev–Trinajstić information content (AvgIpc) is 3.01. The molecule has 0 spiro atoms. The minimum absolute atomic E-state index is 0.256. The van der Waals surface area contributed by atoms with E-state index < -0.39 is 39.0 Å². The topological polar surface area (TPSA) is 163 Å². The molecule has 0 bridgehead atoms. The van der Waals surface area contributed by atoms with Crippen LogP contribution in [0.1, 0.15) is 6.23 Å². The lowest BCUT2D eigenvalue weighted by atomic mass is 10.1. The van der Waals surface area contributed by atoms with Crippen LogP contribution < -0.4 is 0 Å². The Balaban J connectivity index is 1.87. The van der Waals surface area contributed by atoms with Crippen LogP contribution in [-0.2, 0) is 13.8 Å². The summed E-state index contributed by atoms with van der Waals surface area (Å²) in [4.78, 5) is 28.2. The Labute approximate surface area is 133 Å². The van der Waals surface area contributed by atoms with Gasteiger partial charge >= 0.3 is 7.82 Å². The van der Waals surface area contributed by atoms with Gasteiger partial charge in [0.15, 0.2) is 10.9 Å². The molecular formula is C10H13N4O7PS. The van der Waals surface area contributed by atoms with Gasteiger partial charge in [0.05, 0.1) is 19.3 Å². The van der Waals surface area contributed by atoms with Crippen LogP contribution >= 0.6 is 20.0 Å². The summed E-state index contributed by atoms with van der Waals surface area (Å²) in [6.45, 7) is -0.580. The Bertz CT molecular complexity index is 819. The second kappa shape index (κ2) is 6.00. The second-order valence-corrected chi connectivity index (χ2v) is 6.52. The van der Waals surface area contributed by atoms with Gasteiger partial charge in [-0.25, -0.2) is 14.5 Å². The third-order valence-corrected chi connectivity index (χ3v) is 4.18. The smallest absolute Gasteiger partial charge is 0.387 e. The van der Waals surface area contributed by atoms with Gasteiger partial charge in [-0.15, -0.1) is 0 Å². The molecule has 1 fully saturated rings. The summed E-state index contributed by atoms with van der Waals surface area (Å²) in [5, 5.41) is 20.1. The first-order valence-corrected chi connectivity index (χ1v) is 8.33. The van der Waals surface area contributed by atoms with Crippen LogP contribution in [0.25, 0.3) is 11.2 Å². The van der Waals surface area contributed by atoms with Gasteiger partial charge in [0.2, 0.25) is 0 Å². The summed E-state index contributed by atoms with van der Waals surface area (Å²) >= 11 is 5.03. The lowest BCUT2D eigenvalue weighted by Gasteiger charge is -2.16. The molecule has 13 heteroatoms. The van der Waals surface area contributed by atoms with Crippen molar-refractivity contribution in [2.24, 2.45) is 0 Å². The van der Waals surface area contributed by atoms with Gasteiger partial charge in [-0.1, -0.05) is 12.2 Å². The summed E-state index contributed by atoms with van der Waals surface area (Å²) in [6.07, 6.45) is -2.19. The van der Waals surface area contributed by atoms with Crippen molar-refractivity contribution < 1.29 is 33.8 Å². The number of imidazole rings is 1. The van der Waals surface area contributed by atoms with Gasteiger partial charge in [0.1, 0.15) is 29.5 Å². The predicted molar refractivity (Wildman–Crippen MR) is 76.6 cm³/mol. The van der Waals surface area contributed by atoms with Crippen molar-refractivity contribution in [1.29, 1.82) is 0 Å². The molecule has 4 atom stereocenters. The quantitative estimate of drug-likeness (QED) is 0.343. The Morgan fingerprint density at radius 1 is 1.39 bits per heavy atom. The van der Waals surface area contributed by atoms with Crippen molar-refractivity contribution >= 4 is 31.2 Å². The van der Waals surface area contributed by atoms with Crippen LogP contribution in [0.2, 0.25) is 0 Å². The van der Waals surface area contributed by atoms with E-state index in [1.165, 1.54) is 17.2 Å². The summed E-state index contributed by atoms with van der Waals surface area (Å²) in [6, 6.07) is 0. The second-order valence-electron chi connectivity index (χ2n) is 4.89. The minimum Gasteiger partial charge on any atom is -0.387 e. The molecule has 0 saturated carbocycles. The summed E-state index contributed by atoms with van der Waals surface area (Å²) in [7, 11) is -4.71. The summed E-state index contributed by atoms with van der Waals surface area (Å²) in [5.74, 6) is 0. The minimum atomic E-state index is -4.71. The zero-order valence-electron chi connectivity index (χ0n) is 11.4. The normalized spacial score (nSPS) is 28.5. The zero-order valence-corrected chi connectivity index (χ0v) is 13.1. The highest BCUT2D eigenvalue weighted by atomic mass is 32.1. The molecule has 1 aliphatic heterocycles. The molecule has 3 rings (SSSR count). The molecule has 2 aromatic heterocycles. The Morgan fingerprint density at radius 2 is 2.13 bits per heavy atom. The number of aromatic nitrogens is 4. The van der Waals surface area contributed by atoms with Gasteiger partial charge in [0.25, 0.3) is 0 Å². The number of nitrogens with zero attached hydrogens (tertiary/aromatic N) is 3. The van der Waals surface area contributed by atoms with E-state index in [0.717, 1.165) is 0 Å². The average molecular weight is 364 g/mol. The fourth-order valence-corrected chi connectivity index (χ4v) is 2.88. The molecule has 0 radical (unpaired) electrons. The number of aliphatic hydroxyl groups is 2. The lowest BCUT2D eigenvalue weighted by Crippen LogP contribution is -2.33. The number of phosphoric acid groups is 1. The largest absolute Gasteiger partial charge is 0.469 e. The highest BCUT2D eigenvalue weighted by Gasteiger charge is 2.45. The van der Waals surface area contributed by atoms with Crippen LogP contribution in [0.5, 0.6) is 0 Å². The van der Waals surface area contributed by atoms with Crippen molar-refractivity contribution in [3.63, 3.8) is 0 Å². The number of hydrogen-bond acceptors (Lipinski definition) is 8. The summed E-state index contributed by atoms with van der Waals surface area (Å²) < 4.78 is 22.2. The zero-order chi connectivity index (χ0) is 16.8. The van der Waals surface area contributed by atoms with Crippen LogP contribution in [0.15, 0.2) is 12.7 Å². The van der Waals surface area contributed by atoms with Crippen LogP contribution in [-0.4, -0.2) is 64.4 Å². The van der Waals surface area contributed by atoms with Crippen LogP contribution in [0, 0.1) is 4.64 Å². The van der Waals surface area contributed by atoms with Crippen LogP contribution in [0.3, 0.4) is 0 Å². The van der Waals surface area contributed by atoms with E-state index in [1.54, 1.807) is 0 Å². The van der Waals surface area contributed by atoms with Crippen molar-refractivity contribution in [3.05, 3.63) is 17.3 Å². The van der Waals surface area contributed by atoms with Crippen molar-refractivity contribution in [2.75, 3.05) is 6.61 Å². The predicted octanol–water partition coefficient (Wildman–Crippen LogP) is -0.783. The number of aromatic amines is 1. The van der Waals surface area contributed by atoms with E-state index in [0.29, 0.717) is 11.2 Å². The molecule has 126 valence electrons. The molecule has 3 heterocycles. The number of ether oxygens (including phenoxy) is 1. The van der Waals surface area contributed by atoms with Gasteiger partial charge in [-0.2, -0.15) is 0 Å².